The van der Waals surface area contributed by atoms with E-state index in [0.717, 1.165) is 30.5 Å². The molecule has 3 N–H and O–H groups in total. The Morgan fingerprint density at radius 3 is 2.56 bits per heavy atom. The largest absolute Gasteiger partial charge is 0.366 e. The number of nitrogens with zero attached hydrogens (tertiary/aromatic N) is 2. The van der Waals surface area contributed by atoms with Crippen LogP contribution in [0.25, 0.3) is 0 Å². The highest BCUT2D eigenvalue weighted by atomic mass is 32.2. The Labute approximate surface area is 156 Å². The van der Waals surface area contributed by atoms with Gasteiger partial charge in [0.05, 0.1) is 23.2 Å². The van der Waals surface area contributed by atoms with Crippen LogP contribution in [0.3, 0.4) is 0 Å². The minimum Gasteiger partial charge on any atom is -0.366 e. The predicted octanol–water partition coefficient (Wildman–Crippen LogP) is 1.08. The highest BCUT2D eigenvalue weighted by Crippen LogP contribution is 2.31. The monoisotopic (exact) mass is 388 g/mol. The maximum atomic E-state index is 13.0. The van der Waals surface area contributed by atoms with Crippen LogP contribution in [0.15, 0.2) is 24.3 Å². The second-order valence-electron chi connectivity index (χ2n) is 7.02. The van der Waals surface area contributed by atoms with E-state index in [4.69, 9.17) is 5.73 Å². The van der Waals surface area contributed by atoms with Crippen LogP contribution < -0.4 is 11.1 Å². The fourth-order valence-electron chi connectivity index (χ4n) is 3.79. The highest BCUT2D eigenvalue weighted by Gasteiger charge is 2.35. The van der Waals surface area contributed by atoms with Crippen molar-refractivity contribution in [3.63, 3.8) is 0 Å². The number of amides is 2. The molecule has 27 heavy (non-hydrogen) atoms. The molecule has 0 spiro atoms. The van der Waals surface area contributed by atoms with E-state index in [1.165, 1.54) is 0 Å². The molecule has 1 aliphatic carbocycles. The number of carbonyl (C=O) groups is 2. The number of sulfone groups is 1. The van der Waals surface area contributed by atoms with Crippen molar-refractivity contribution in [2.45, 2.75) is 31.7 Å². The van der Waals surface area contributed by atoms with Gasteiger partial charge in [0.2, 0.25) is 5.91 Å². The quantitative estimate of drug-likeness (QED) is 0.811. The lowest BCUT2D eigenvalue weighted by Gasteiger charge is -2.14. The Hall–Kier alpha value is -2.68. The number of fused-ring (bicyclic) bond motifs is 1. The molecule has 1 fully saturated rings. The molecule has 4 rings (SSSR count). The number of hydrogen-bond donors (Lipinski definition) is 2. The van der Waals surface area contributed by atoms with Gasteiger partial charge >= 0.3 is 0 Å². The standard InChI is InChI=1S/C18H20N4O4S/c19-17(23)11-4-6-12(7-5-11)20-18(24)16-14-2-1-3-15(14)21-22(16)13-8-9-27(25,26)10-13/h4-7,13H,1-3,8-10H2,(H2,19,23)(H,20,24). The van der Waals surface area contributed by atoms with Gasteiger partial charge in [0.25, 0.3) is 5.91 Å². The number of nitrogens with two attached hydrogens (primary N) is 1. The van der Waals surface area contributed by atoms with Crippen LogP contribution in [0, 0.1) is 0 Å². The van der Waals surface area contributed by atoms with E-state index in [1.54, 1.807) is 28.9 Å². The summed E-state index contributed by atoms with van der Waals surface area (Å²) in [7, 11) is -3.09. The van der Waals surface area contributed by atoms with Crippen molar-refractivity contribution in [1.29, 1.82) is 0 Å². The van der Waals surface area contributed by atoms with Crippen molar-refractivity contribution < 1.29 is 18.0 Å². The average Bonchev–Trinajstić information content (AvgIpc) is 3.28. The minimum atomic E-state index is -3.09. The summed E-state index contributed by atoms with van der Waals surface area (Å²) < 4.78 is 25.4. The summed E-state index contributed by atoms with van der Waals surface area (Å²) in [5.41, 5.74) is 8.35. The Balaban J connectivity index is 1.64. The summed E-state index contributed by atoms with van der Waals surface area (Å²) in [6.07, 6.45) is 2.97. The van der Waals surface area contributed by atoms with Crippen molar-refractivity contribution >= 4 is 27.3 Å². The van der Waals surface area contributed by atoms with Crippen LogP contribution in [0.2, 0.25) is 0 Å². The number of aryl methyl sites for hydroxylation is 1. The zero-order valence-electron chi connectivity index (χ0n) is 14.6. The molecule has 2 heterocycles. The van der Waals surface area contributed by atoms with E-state index in [-0.39, 0.29) is 23.5 Å². The van der Waals surface area contributed by atoms with Gasteiger partial charge in [-0.05, 0) is 49.9 Å². The second kappa shape index (κ2) is 6.49. The van der Waals surface area contributed by atoms with Gasteiger partial charge in [-0.25, -0.2) is 8.42 Å². The smallest absolute Gasteiger partial charge is 0.274 e. The lowest BCUT2D eigenvalue weighted by Crippen LogP contribution is -2.23. The highest BCUT2D eigenvalue weighted by molar-refractivity contribution is 7.91. The third-order valence-corrected chi connectivity index (χ3v) is 6.88. The van der Waals surface area contributed by atoms with E-state index in [2.05, 4.69) is 10.4 Å². The lowest BCUT2D eigenvalue weighted by molar-refractivity contribution is 0.0996. The number of carbonyl (C=O) groups excluding carboxylic acids is 2. The molecule has 1 atom stereocenters. The molecule has 1 aromatic heterocycles. The van der Waals surface area contributed by atoms with Gasteiger partial charge in [-0.15, -0.1) is 0 Å². The predicted molar refractivity (Wildman–Crippen MR) is 99.5 cm³/mol. The van der Waals surface area contributed by atoms with E-state index in [0.29, 0.717) is 23.4 Å². The van der Waals surface area contributed by atoms with Crippen molar-refractivity contribution in [2.75, 3.05) is 16.8 Å². The van der Waals surface area contributed by atoms with Crippen LogP contribution in [-0.4, -0.2) is 41.5 Å². The van der Waals surface area contributed by atoms with Gasteiger partial charge < -0.3 is 11.1 Å². The maximum absolute atomic E-state index is 13.0. The van der Waals surface area contributed by atoms with Gasteiger partial charge in [0.15, 0.2) is 9.84 Å². The Morgan fingerprint density at radius 1 is 1.19 bits per heavy atom. The third kappa shape index (κ3) is 3.34. The van der Waals surface area contributed by atoms with Crippen molar-refractivity contribution in [1.82, 2.24) is 9.78 Å². The van der Waals surface area contributed by atoms with E-state index in [1.807, 2.05) is 0 Å². The van der Waals surface area contributed by atoms with Crippen LogP contribution in [0.5, 0.6) is 0 Å². The van der Waals surface area contributed by atoms with Crippen LogP contribution in [0.4, 0.5) is 5.69 Å². The molecular weight excluding hydrogens is 368 g/mol. The summed E-state index contributed by atoms with van der Waals surface area (Å²) >= 11 is 0. The Morgan fingerprint density at radius 2 is 1.93 bits per heavy atom. The van der Waals surface area contributed by atoms with Crippen molar-refractivity contribution in [3.8, 4) is 0 Å². The summed E-state index contributed by atoms with van der Waals surface area (Å²) in [6.45, 7) is 0. The molecular formula is C18H20N4O4S. The van der Waals surface area contributed by atoms with E-state index in [9.17, 15) is 18.0 Å². The zero-order valence-corrected chi connectivity index (χ0v) is 15.5. The zero-order chi connectivity index (χ0) is 19.2. The van der Waals surface area contributed by atoms with Gasteiger partial charge in [0, 0.05) is 16.8 Å². The number of aromatic nitrogens is 2. The number of rotatable bonds is 4. The number of anilines is 1. The number of primary amides is 1. The van der Waals surface area contributed by atoms with Gasteiger partial charge in [0.1, 0.15) is 5.69 Å². The molecule has 2 amide bonds. The first-order valence-corrected chi connectivity index (χ1v) is 10.7. The van der Waals surface area contributed by atoms with Gasteiger partial charge in [-0.1, -0.05) is 0 Å². The molecule has 142 valence electrons. The minimum absolute atomic E-state index is 0.0150. The van der Waals surface area contributed by atoms with Crippen LogP contribution >= 0.6 is 0 Å². The summed E-state index contributed by atoms with van der Waals surface area (Å²) in [5, 5.41) is 7.39. The molecule has 1 aliphatic heterocycles. The van der Waals surface area contributed by atoms with Crippen LogP contribution in [-0.2, 0) is 22.7 Å². The number of nitrogens with one attached hydrogen (secondary N) is 1. The fourth-order valence-corrected chi connectivity index (χ4v) is 5.49. The summed E-state index contributed by atoms with van der Waals surface area (Å²) in [5.74, 6) is -0.716. The van der Waals surface area contributed by atoms with Crippen molar-refractivity contribution in [3.05, 3.63) is 46.8 Å². The SMILES string of the molecule is NC(=O)c1ccc(NC(=O)c2c3c(nn2C2CCS(=O)(=O)C2)CCC3)cc1. The first-order valence-electron chi connectivity index (χ1n) is 8.86. The molecule has 1 unspecified atom stereocenters. The van der Waals surface area contributed by atoms with E-state index < -0.39 is 15.7 Å². The molecule has 0 radical (unpaired) electrons. The molecule has 1 aromatic carbocycles. The summed E-state index contributed by atoms with van der Waals surface area (Å²) in [6, 6.07) is 6.00. The van der Waals surface area contributed by atoms with Crippen LogP contribution in [0.1, 0.15) is 51.0 Å². The molecule has 2 aliphatic rings. The molecule has 0 saturated carbocycles. The number of hydrogen-bond acceptors (Lipinski definition) is 5. The normalized spacial score (nSPS) is 20.4. The summed E-state index contributed by atoms with van der Waals surface area (Å²) in [4.78, 5) is 24.1. The average molecular weight is 388 g/mol. The Kier molecular flexibility index (Phi) is 4.26. The molecule has 9 heteroatoms. The topological polar surface area (TPSA) is 124 Å². The Bertz CT molecular complexity index is 1020. The van der Waals surface area contributed by atoms with E-state index >= 15 is 0 Å². The third-order valence-electron chi connectivity index (χ3n) is 5.13. The van der Waals surface area contributed by atoms with Crippen molar-refractivity contribution in [2.24, 2.45) is 5.73 Å². The molecule has 2 aromatic rings. The first-order chi connectivity index (χ1) is 12.8. The lowest BCUT2D eigenvalue weighted by atomic mass is 10.1. The maximum Gasteiger partial charge on any atom is 0.274 e. The number of benzene rings is 1. The molecule has 8 nitrogen and oxygen atoms in total. The molecule has 1 saturated heterocycles. The fraction of sp³-hybridized carbons (Fsp3) is 0.389. The van der Waals surface area contributed by atoms with Gasteiger partial charge in [-0.2, -0.15) is 5.10 Å². The van der Waals surface area contributed by atoms with Gasteiger partial charge in [-0.3, -0.25) is 14.3 Å². The second-order valence-corrected chi connectivity index (χ2v) is 9.25. The molecule has 0 bridgehead atoms. The first kappa shape index (κ1) is 17.7.